The third-order valence-corrected chi connectivity index (χ3v) is 5.08. The number of hydrogen-bond acceptors (Lipinski definition) is 1. The summed E-state index contributed by atoms with van der Waals surface area (Å²) in [6.07, 6.45) is 13.3. The molecule has 0 aromatic carbocycles. The Bertz CT molecular complexity index is 208. The van der Waals surface area contributed by atoms with Gasteiger partial charge in [-0.05, 0) is 50.0 Å². The fraction of sp³-hybridized carbons (Fsp3) is 1.00. The molecule has 0 aliphatic heterocycles. The van der Waals surface area contributed by atoms with Crippen molar-refractivity contribution in [3.05, 3.63) is 0 Å². The second-order valence-electron chi connectivity index (χ2n) is 6.51. The number of hydrogen-bond donors (Lipinski definition) is 1. The molecule has 0 amide bonds. The van der Waals surface area contributed by atoms with Crippen LogP contribution in [0.1, 0.15) is 71.6 Å². The van der Waals surface area contributed by atoms with Gasteiger partial charge in [-0.2, -0.15) is 0 Å². The summed E-state index contributed by atoms with van der Waals surface area (Å²) in [6, 6.07) is 0.836. The van der Waals surface area contributed by atoms with Crippen molar-refractivity contribution >= 4 is 0 Å². The average Bonchev–Trinajstić information content (AvgIpc) is 2.37. The van der Waals surface area contributed by atoms with E-state index in [1.165, 1.54) is 57.8 Å². The molecular weight excluding hydrogens is 206 g/mol. The molecule has 2 aliphatic rings. The normalized spacial score (nSPS) is 33.5. The van der Waals surface area contributed by atoms with Gasteiger partial charge in [0, 0.05) is 6.04 Å². The Morgan fingerprint density at radius 3 is 2.29 bits per heavy atom. The minimum absolute atomic E-state index is 0.836. The molecule has 0 heterocycles. The van der Waals surface area contributed by atoms with E-state index in [0.717, 1.165) is 30.3 Å². The highest BCUT2D eigenvalue weighted by molar-refractivity contribution is 4.87. The van der Waals surface area contributed by atoms with Gasteiger partial charge in [-0.15, -0.1) is 0 Å². The summed E-state index contributed by atoms with van der Waals surface area (Å²) in [4.78, 5) is 0. The molecule has 100 valence electrons. The lowest BCUT2D eigenvalue weighted by molar-refractivity contribution is 0.153. The lowest BCUT2D eigenvalue weighted by Gasteiger charge is -2.40. The Balaban J connectivity index is 1.94. The molecule has 0 aromatic heterocycles. The van der Waals surface area contributed by atoms with Crippen LogP contribution in [0.15, 0.2) is 0 Å². The lowest BCUT2D eigenvalue weighted by Crippen LogP contribution is -2.44. The van der Waals surface area contributed by atoms with Crippen LogP contribution in [-0.2, 0) is 0 Å². The van der Waals surface area contributed by atoms with Crippen molar-refractivity contribution < 1.29 is 0 Å². The quantitative estimate of drug-likeness (QED) is 0.765. The molecule has 2 rings (SSSR count). The minimum Gasteiger partial charge on any atom is -0.314 e. The summed E-state index contributed by atoms with van der Waals surface area (Å²) in [7, 11) is 0. The molecule has 0 saturated heterocycles. The van der Waals surface area contributed by atoms with E-state index in [2.05, 4.69) is 19.2 Å². The predicted molar refractivity (Wildman–Crippen MR) is 75.2 cm³/mol. The van der Waals surface area contributed by atoms with Gasteiger partial charge in [-0.1, -0.05) is 46.0 Å². The highest BCUT2D eigenvalue weighted by Crippen LogP contribution is 2.37. The van der Waals surface area contributed by atoms with E-state index in [-0.39, 0.29) is 0 Å². The van der Waals surface area contributed by atoms with Gasteiger partial charge in [0.1, 0.15) is 0 Å². The van der Waals surface area contributed by atoms with Gasteiger partial charge in [0.25, 0.3) is 0 Å². The third-order valence-electron chi connectivity index (χ3n) is 5.08. The summed E-state index contributed by atoms with van der Waals surface area (Å²) in [5.41, 5.74) is 0. The first-order valence-corrected chi connectivity index (χ1v) is 8.04. The highest BCUT2D eigenvalue weighted by atomic mass is 14.9. The molecule has 3 unspecified atom stereocenters. The fourth-order valence-corrected chi connectivity index (χ4v) is 4.25. The van der Waals surface area contributed by atoms with Crippen LogP contribution in [0.2, 0.25) is 0 Å². The molecule has 2 aliphatic carbocycles. The molecule has 1 heteroatoms. The standard InChI is InChI=1S/C16H31N/c1-3-17-16(14-9-5-4-6-10-14)15-11-7-8-13(2)12-15/h13-17H,3-12H2,1-2H3. The van der Waals surface area contributed by atoms with Crippen LogP contribution in [0.3, 0.4) is 0 Å². The Kier molecular flexibility index (Phi) is 5.34. The first-order chi connectivity index (χ1) is 8.31. The summed E-state index contributed by atoms with van der Waals surface area (Å²) >= 11 is 0. The minimum atomic E-state index is 0.836. The fourth-order valence-electron chi connectivity index (χ4n) is 4.25. The Morgan fingerprint density at radius 1 is 0.941 bits per heavy atom. The van der Waals surface area contributed by atoms with Crippen molar-refractivity contribution in [2.45, 2.75) is 77.7 Å². The molecule has 2 saturated carbocycles. The van der Waals surface area contributed by atoms with Gasteiger partial charge < -0.3 is 5.32 Å². The topological polar surface area (TPSA) is 12.0 Å². The van der Waals surface area contributed by atoms with E-state index in [4.69, 9.17) is 0 Å². The van der Waals surface area contributed by atoms with Crippen molar-refractivity contribution in [3.63, 3.8) is 0 Å². The number of nitrogens with one attached hydrogen (secondary N) is 1. The molecule has 1 nitrogen and oxygen atoms in total. The van der Waals surface area contributed by atoms with Crippen LogP contribution in [-0.4, -0.2) is 12.6 Å². The smallest absolute Gasteiger partial charge is 0.0124 e. The van der Waals surface area contributed by atoms with Crippen LogP contribution >= 0.6 is 0 Å². The van der Waals surface area contributed by atoms with Gasteiger partial charge in [0.05, 0.1) is 0 Å². The maximum atomic E-state index is 3.84. The first kappa shape index (κ1) is 13.4. The van der Waals surface area contributed by atoms with Crippen molar-refractivity contribution in [1.29, 1.82) is 0 Å². The van der Waals surface area contributed by atoms with E-state index < -0.39 is 0 Å². The Morgan fingerprint density at radius 2 is 1.65 bits per heavy atom. The molecule has 17 heavy (non-hydrogen) atoms. The second kappa shape index (κ2) is 6.78. The zero-order valence-electron chi connectivity index (χ0n) is 11.9. The molecular formula is C16H31N. The second-order valence-corrected chi connectivity index (χ2v) is 6.51. The summed E-state index contributed by atoms with van der Waals surface area (Å²) in [6.45, 7) is 5.89. The highest BCUT2D eigenvalue weighted by Gasteiger charge is 2.32. The van der Waals surface area contributed by atoms with Crippen molar-refractivity contribution in [3.8, 4) is 0 Å². The molecule has 1 N–H and O–H groups in total. The van der Waals surface area contributed by atoms with Gasteiger partial charge in [0.2, 0.25) is 0 Å². The zero-order valence-corrected chi connectivity index (χ0v) is 11.9. The number of rotatable bonds is 4. The van der Waals surface area contributed by atoms with E-state index in [1.54, 1.807) is 0 Å². The maximum Gasteiger partial charge on any atom is 0.0124 e. The van der Waals surface area contributed by atoms with Crippen molar-refractivity contribution in [1.82, 2.24) is 5.32 Å². The summed E-state index contributed by atoms with van der Waals surface area (Å²) in [5, 5.41) is 3.84. The van der Waals surface area contributed by atoms with Crippen LogP contribution in [0.5, 0.6) is 0 Å². The monoisotopic (exact) mass is 237 g/mol. The Hall–Kier alpha value is -0.0400. The summed E-state index contributed by atoms with van der Waals surface area (Å²) in [5.74, 6) is 2.93. The van der Waals surface area contributed by atoms with Crippen molar-refractivity contribution in [2.75, 3.05) is 6.54 Å². The maximum absolute atomic E-state index is 3.84. The summed E-state index contributed by atoms with van der Waals surface area (Å²) < 4.78 is 0. The molecule has 0 radical (unpaired) electrons. The molecule has 0 spiro atoms. The van der Waals surface area contributed by atoms with Gasteiger partial charge in [-0.25, -0.2) is 0 Å². The van der Waals surface area contributed by atoms with Gasteiger partial charge >= 0.3 is 0 Å². The first-order valence-electron chi connectivity index (χ1n) is 8.04. The largest absolute Gasteiger partial charge is 0.314 e. The van der Waals surface area contributed by atoms with Crippen LogP contribution in [0.4, 0.5) is 0 Å². The van der Waals surface area contributed by atoms with E-state index in [0.29, 0.717) is 0 Å². The SMILES string of the molecule is CCNC(C1CCCCC1)C1CCCC(C)C1. The Labute approximate surface area is 108 Å². The van der Waals surface area contributed by atoms with Crippen molar-refractivity contribution in [2.24, 2.45) is 17.8 Å². The van der Waals surface area contributed by atoms with Crippen LogP contribution in [0, 0.1) is 17.8 Å². The van der Waals surface area contributed by atoms with Crippen LogP contribution in [0.25, 0.3) is 0 Å². The molecule has 0 aromatic rings. The average molecular weight is 237 g/mol. The van der Waals surface area contributed by atoms with Crippen LogP contribution < -0.4 is 5.32 Å². The van der Waals surface area contributed by atoms with Gasteiger partial charge in [0.15, 0.2) is 0 Å². The lowest BCUT2D eigenvalue weighted by atomic mass is 9.71. The van der Waals surface area contributed by atoms with E-state index in [9.17, 15) is 0 Å². The van der Waals surface area contributed by atoms with E-state index >= 15 is 0 Å². The third kappa shape index (κ3) is 3.71. The van der Waals surface area contributed by atoms with E-state index in [1.807, 2.05) is 0 Å². The zero-order chi connectivity index (χ0) is 12.1. The molecule has 0 bridgehead atoms. The molecule has 3 atom stereocenters. The molecule has 2 fully saturated rings. The van der Waals surface area contributed by atoms with Gasteiger partial charge in [-0.3, -0.25) is 0 Å². The predicted octanol–water partition coefficient (Wildman–Crippen LogP) is 4.37.